The van der Waals surface area contributed by atoms with Crippen molar-refractivity contribution in [2.75, 3.05) is 6.61 Å². The molecule has 4 nitrogen and oxygen atoms in total. The van der Waals surface area contributed by atoms with Crippen molar-refractivity contribution in [2.24, 2.45) is 0 Å². The fraction of sp³-hybridized carbons (Fsp3) is 0.308. The van der Waals surface area contributed by atoms with Crippen LogP contribution in [0.5, 0.6) is 0 Å². The molecule has 1 aromatic heterocycles. The van der Waals surface area contributed by atoms with E-state index in [0.717, 1.165) is 9.92 Å². The Kier molecular flexibility index (Phi) is 5.82. The Morgan fingerprint density at radius 1 is 1.30 bits per heavy atom. The minimum Gasteiger partial charge on any atom is -0.487 e. The van der Waals surface area contributed by atoms with Crippen molar-refractivity contribution in [2.45, 2.75) is 24.0 Å². The SMILES string of the molecule is CCOC(=S)Cc1nnc(CSc2ccc(Cl)cc2)o1. The summed E-state index contributed by atoms with van der Waals surface area (Å²) in [6, 6.07) is 7.61. The van der Waals surface area contributed by atoms with E-state index in [9.17, 15) is 0 Å². The third kappa shape index (κ3) is 4.77. The molecular weight excluding hydrogens is 316 g/mol. The van der Waals surface area contributed by atoms with Gasteiger partial charge in [0.1, 0.15) is 0 Å². The first-order valence-electron chi connectivity index (χ1n) is 6.02. The zero-order chi connectivity index (χ0) is 14.4. The van der Waals surface area contributed by atoms with Gasteiger partial charge in [-0.2, -0.15) is 0 Å². The second-order valence-electron chi connectivity index (χ2n) is 3.81. The van der Waals surface area contributed by atoms with Crippen LogP contribution in [0.15, 0.2) is 33.6 Å². The van der Waals surface area contributed by atoms with Crippen LogP contribution in [0.1, 0.15) is 18.7 Å². The third-order valence-electron chi connectivity index (χ3n) is 2.29. The van der Waals surface area contributed by atoms with Crippen LogP contribution in [0.25, 0.3) is 0 Å². The van der Waals surface area contributed by atoms with Crippen LogP contribution in [0.3, 0.4) is 0 Å². The highest BCUT2D eigenvalue weighted by molar-refractivity contribution is 7.98. The average Bonchev–Trinajstić information content (AvgIpc) is 2.86. The molecule has 0 aliphatic heterocycles. The Balaban J connectivity index is 1.86. The summed E-state index contributed by atoms with van der Waals surface area (Å²) in [5.41, 5.74) is 0. The standard InChI is InChI=1S/C13H13ClN2O2S2/c1-2-17-13(19)7-11-15-16-12(18-11)8-20-10-5-3-9(14)4-6-10/h3-6H,2,7-8H2,1H3. The summed E-state index contributed by atoms with van der Waals surface area (Å²) < 4.78 is 10.7. The molecule has 2 aromatic rings. The van der Waals surface area contributed by atoms with Gasteiger partial charge in [-0.05, 0) is 43.4 Å². The van der Waals surface area contributed by atoms with E-state index in [1.54, 1.807) is 11.8 Å². The number of thiocarbonyl (C=S) groups is 1. The van der Waals surface area contributed by atoms with Crippen molar-refractivity contribution in [3.63, 3.8) is 0 Å². The topological polar surface area (TPSA) is 48.2 Å². The molecule has 7 heteroatoms. The molecule has 0 aliphatic carbocycles. The van der Waals surface area contributed by atoms with Crippen LogP contribution >= 0.6 is 35.6 Å². The van der Waals surface area contributed by atoms with Gasteiger partial charge in [0.25, 0.3) is 0 Å². The molecule has 0 amide bonds. The molecular formula is C13H13ClN2O2S2. The van der Waals surface area contributed by atoms with Crippen molar-refractivity contribution in [3.8, 4) is 0 Å². The normalized spacial score (nSPS) is 10.5. The minimum absolute atomic E-state index is 0.377. The monoisotopic (exact) mass is 328 g/mol. The summed E-state index contributed by atoms with van der Waals surface area (Å²) in [6.45, 7) is 2.43. The molecule has 0 saturated heterocycles. The Morgan fingerprint density at radius 3 is 2.70 bits per heavy atom. The quantitative estimate of drug-likeness (QED) is 0.591. The molecule has 1 aromatic carbocycles. The molecule has 0 aliphatic rings. The highest BCUT2D eigenvalue weighted by atomic mass is 35.5. The molecule has 0 radical (unpaired) electrons. The number of aromatic nitrogens is 2. The van der Waals surface area contributed by atoms with E-state index in [2.05, 4.69) is 10.2 Å². The number of halogens is 1. The number of hydrogen-bond donors (Lipinski definition) is 0. The van der Waals surface area contributed by atoms with Crippen LogP contribution in [0.2, 0.25) is 5.02 Å². The zero-order valence-corrected chi connectivity index (χ0v) is 13.2. The van der Waals surface area contributed by atoms with E-state index < -0.39 is 0 Å². The van der Waals surface area contributed by atoms with Crippen LogP contribution in [0.4, 0.5) is 0 Å². The van der Waals surface area contributed by atoms with E-state index in [-0.39, 0.29) is 0 Å². The van der Waals surface area contributed by atoms with Crippen molar-refractivity contribution in [1.29, 1.82) is 0 Å². The van der Waals surface area contributed by atoms with Crippen LogP contribution in [-0.4, -0.2) is 21.9 Å². The molecule has 106 valence electrons. The maximum atomic E-state index is 5.83. The Labute approximate surface area is 131 Å². The van der Waals surface area contributed by atoms with E-state index in [1.165, 1.54) is 0 Å². The first kappa shape index (κ1) is 15.3. The molecule has 0 N–H and O–H groups in total. The second kappa shape index (κ2) is 7.61. The lowest BCUT2D eigenvalue weighted by atomic mass is 10.4. The van der Waals surface area contributed by atoms with Gasteiger partial charge >= 0.3 is 0 Å². The van der Waals surface area contributed by atoms with Gasteiger partial charge in [-0.1, -0.05) is 11.6 Å². The van der Waals surface area contributed by atoms with Gasteiger partial charge in [0.15, 0.2) is 5.05 Å². The van der Waals surface area contributed by atoms with E-state index in [1.807, 2.05) is 31.2 Å². The van der Waals surface area contributed by atoms with Crippen molar-refractivity contribution < 1.29 is 9.15 Å². The fourth-order valence-electron chi connectivity index (χ4n) is 1.43. The maximum absolute atomic E-state index is 5.83. The van der Waals surface area contributed by atoms with Gasteiger partial charge in [-0.3, -0.25) is 0 Å². The summed E-state index contributed by atoms with van der Waals surface area (Å²) in [5.74, 6) is 1.66. The second-order valence-corrected chi connectivity index (χ2v) is 5.75. The van der Waals surface area contributed by atoms with Gasteiger partial charge in [0.2, 0.25) is 11.8 Å². The molecule has 1 heterocycles. The number of ether oxygens (including phenoxy) is 1. The third-order valence-corrected chi connectivity index (χ3v) is 3.80. The molecule has 0 spiro atoms. The molecule has 20 heavy (non-hydrogen) atoms. The Hall–Kier alpha value is -1.11. The highest BCUT2D eigenvalue weighted by Gasteiger charge is 2.09. The lowest BCUT2D eigenvalue weighted by molar-refractivity contribution is 0.325. The fourth-order valence-corrected chi connectivity index (χ4v) is 2.53. The molecule has 2 rings (SSSR count). The average molecular weight is 329 g/mol. The number of hydrogen-bond acceptors (Lipinski definition) is 6. The lowest BCUT2D eigenvalue weighted by Crippen LogP contribution is -2.05. The minimum atomic E-state index is 0.377. The van der Waals surface area contributed by atoms with Gasteiger partial charge < -0.3 is 9.15 Å². The summed E-state index contributed by atoms with van der Waals surface area (Å²) in [5, 5.41) is 9.12. The van der Waals surface area contributed by atoms with Crippen LogP contribution < -0.4 is 0 Å². The van der Waals surface area contributed by atoms with Crippen molar-refractivity contribution >= 4 is 40.6 Å². The van der Waals surface area contributed by atoms with Crippen LogP contribution in [-0.2, 0) is 16.9 Å². The van der Waals surface area contributed by atoms with E-state index in [4.69, 9.17) is 33.0 Å². The zero-order valence-electron chi connectivity index (χ0n) is 10.8. The number of thioether (sulfide) groups is 1. The molecule has 0 atom stereocenters. The Morgan fingerprint density at radius 2 is 2.00 bits per heavy atom. The smallest absolute Gasteiger partial charge is 0.226 e. The van der Waals surface area contributed by atoms with Gasteiger partial charge in [-0.25, -0.2) is 0 Å². The van der Waals surface area contributed by atoms with Crippen molar-refractivity contribution in [1.82, 2.24) is 10.2 Å². The number of benzene rings is 1. The molecule has 0 bridgehead atoms. The molecule has 0 unspecified atom stereocenters. The summed E-state index contributed by atoms with van der Waals surface area (Å²) in [4.78, 5) is 1.10. The predicted octanol–water partition coefficient (Wildman–Crippen LogP) is 3.92. The summed E-state index contributed by atoms with van der Waals surface area (Å²) >= 11 is 12.5. The number of nitrogens with zero attached hydrogens (tertiary/aromatic N) is 2. The van der Waals surface area contributed by atoms with E-state index >= 15 is 0 Å². The lowest BCUT2D eigenvalue weighted by Gasteiger charge is -2.00. The van der Waals surface area contributed by atoms with Crippen molar-refractivity contribution in [3.05, 3.63) is 41.1 Å². The van der Waals surface area contributed by atoms with Gasteiger partial charge in [0, 0.05) is 9.92 Å². The largest absolute Gasteiger partial charge is 0.487 e. The summed E-state index contributed by atoms with van der Waals surface area (Å²) in [7, 11) is 0. The van der Waals surface area contributed by atoms with Crippen LogP contribution in [0, 0.1) is 0 Å². The molecule has 0 fully saturated rings. The Bertz CT molecular complexity index is 572. The maximum Gasteiger partial charge on any atom is 0.226 e. The van der Waals surface area contributed by atoms with Gasteiger partial charge in [0.05, 0.1) is 18.8 Å². The predicted molar refractivity (Wildman–Crippen MR) is 83.2 cm³/mol. The number of rotatable bonds is 6. The highest BCUT2D eigenvalue weighted by Crippen LogP contribution is 2.23. The van der Waals surface area contributed by atoms with Gasteiger partial charge in [-0.15, -0.1) is 22.0 Å². The first-order chi connectivity index (χ1) is 9.67. The first-order valence-corrected chi connectivity index (χ1v) is 7.80. The molecule has 0 saturated carbocycles. The van der Waals surface area contributed by atoms with E-state index in [0.29, 0.717) is 35.6 Å². The summed E-state index contributed by atoms with van der Waals surface area (Å²) in [6.07, 6.45) is 0.377.